The van der Waals surface area contributed by atoms with Gasteiger partial charge >= 0.3 is 41.8 Å². The molecule has 18 heteroatoms. The summed E-state index contributed by atoms with van der Waals surface area (Å²) in [5.41, 5.74) is -0.495. The molecule has 5 rings (SSSR count). The van der Waals surface area contributed by atoms with E-state index in [4.69, 9.17) is 39.0 Å². The second-order valence-corrected chi connectivity index (χ2v) is 12.8. The van der Waals surface area contributed by atoms with Crippen LogP contribution in [-0.4, -0.2) is 111 Å². The number of hydrogen-bond donors (Lipinski definition) is 5. The molecule has 0 unspecified atom stereocenters. The van der Waals surface area contributed by atoms with Crippen LogP contribution in [0.3, 0.4) is 0 Å². The van der Waals surface area contributed by atoms with E-state index in [1.165, 1.54) is 13.2 Å². The molecular formula is C33H36O18. The number of carbonyl (C=O) groups is 7. The van der Waals surface area contributed by atoms with Crippen molar-refractivity contribution >= 4 is 41.8 Å². The first-order valence-corrected chi connectivity index (χ1v) is 16.0. The number of methoxy groups -OCH3 is 1. The normalized spacial score (nSPS) is 26.0. The monoisotopic (exact) mass is 720 g/mol. The van der Waals surface area contributed by atoms with Gasteiger partial charge in [-0.05, 0) is 56.2 Å². The van der Waals surface area contributed by atoms with Gasteiger partial charge < -0.3 is 54.0 Å². The Morgan fingerprint density at radius 3 is 2.29 bits per heavy atom. The Hall–Kier alpha value is -5.23. The molecule has 51 heavy (non-hydrogen) atoms. The van der Waals surface area contributed by atoms with E-state index in [0.29, 0.717) is 24.3 Å². The summed E-state index contributed by atoms with van der Waals surface area (Å²) in [6, 6.07) is 3.68. The average Bonchev–Trinajstić information content (AvgIpc) is 3.40. The average molecular weight is 721 g/mol. The van der Waals surface area contributed by atoms with E-state index in [0.717, 1.165) is 30.9 Å². The summed E-state index contributed by atoms with van der Waals surface area (Å²) in [4.78, 5) is 84.7. The zero-order valence-corrected chi connectivity index (χ0v) is 27.4. The Bertz CT molecular complexity index is 1680. The minimum atomic E-state index is -2.24. The van der Waals surface area contributed by atoms with E-state index in [-0.39, 0.29) is 18.1 Å². The quantitative estimate of drug-likeness (QED) is 0.119. The van der Waals surface area contributed by atoms with Crippen molar-refractivity contribution in [2.24, 2.45) is 5.92 Å². The van der Waals surface area contributed by atoms with E-state index in [1.807, 2.05) is 6.07 Å². The molecule has 0 amide bonds. The van der Waals surface area contributed by atoms with Crippen LogP contribution in [0.15, 0.2) is 24.0 Å². The van der Waals surface area contributed by atoms with Crippen LogP contribution in [0.25, 0.3) is 0 Å². The summed E-state index contributed by atoms with van der Waals surface area (Å²) in [5, 5.41) is 48.8. The van der Waals surface area contributed by atoms with Crippen molar-refractivity contribution in [3.8, 4) is 11.5 Å². The lowest BCUT2D eigenvalue weighted by Gasteiger charge is -2.59. The summed E-state index contributed by atoms with van der Waals surface area (Å²) in [6.07, 6.45) is -8.54. The molecule has 1 saturated carbocycles. The summed E-state index contributed by atoms with van der Waals surface area (Å²) in [7, 11) is 1.47. The second-order valence-electron chi connectivity index (χ2n) is 12.8. The number of hydrogen-bond acceptors (Lipinski definition) is 15. The number of carbonyl (C=O) groups excluding carboxylic acids is 4. The van der Waals surface area contributed by atoms with Gasteiger partial charge in [0.25, 0.3) is 0 Å². The third kappa shape index (κ3) is 6.80. The molecule has 18 nitrogen and oxygen atoms in total. The van der Waals surface area contributed by atoms with Crippen LogP contribution >= 0.6 is 0 Å². The Morgan fingerprint density at radius 2 is 1.65 bits per heavy atom. The van der Waals surface area contributed by atoms with Gasteiger partial charge in [0.2, 0.25) is 12.2 Å². The lowest BCUT2D eigenvalue weighted by molar-refractivity contribution is -0.185. The van der Waals surface area contributed by atoms with Crippen molar-refractivity contribution in [2.45, 2.75) is 99.8 Å². The zero-order chi connectivity index (χ0) is 37.4. The van der Waals surface area contributed by atoms with Crippen molar-refractivity contribution in [3.05, 3.63) is 35.1 Å². The molecule has 276 valence electrons. The first-order valence-electron chi connectivity index (χ1n) is 16.0. The summed E-state index contributed by atoms with van der Waals surface area (Å²) < 4.78 is 32.1. The fourth-order valence-electron chi connectivity index (χ4n) is 7.50. The SMILES string of the molecule is COc1ccc2c3c1O[C@@H]1C(OC(=O)C[C@H](OC(=O)C[C@H](O)C(=O)O)C(=O)O[C@@H](C)C(=O)O[C@H](CC(=O)O)C(=O)O)=CC[C@]4(O)[C@@H](CCC[C@@]314)C2. The summed E-state index contributed by atoms with van der Waals surface area (Å²) in [5.74, 6) is -10.1. The van der Waals surface area contributed by atoms with Crippen LogP contribution in [0, 0.1) is 5.92 Å². The highest BCUT2D eigenvalue weighted by atomic mass is 16.6. The Labute approximate surface area is 288 Å². The van der Waals surface area contributed by atoms with Gasteiger partial charge in [-0.2, -0.15) is 0 Å². The molecule has 1 aromatic carbocycles. The molecule has 3 aliphatic carbocycles. The Balaban J connectivity index is 1.35. The number of benzene rings is 1. The van der Waals surface area contributed by atoms with Gasteiger partial charge in [-0.15, -0.1) is 0 Å². The number of aliphatic hydroxyl groups is 2. The molecule has 0 saturated heterocycles. The van der Waals surface area contributed by atoms with Crippen molar-refractivity contribution in [1.29, 1.82) is 0 Å². The van der Waals surface area contributed by atoms with E-state index in [9.17, 15) is 43.8 Å². The summed E-state index contributed by atoms with van der Waals surface area (Å²) >= 11 is 0. The molecule has 8 atom stereocenters. The van der Waals surface area contributed by atoms with Gasteiger partial charge in [0, 0.05) is 5.56 Å². The van der Waals surface area contributed by atoms with Gasteiger partial charge in [-0.25, -0.2) is 19.2 Å². The van der Waals surface area contributed by atoms with Crippen molar-refractivity contribution in [2.75, 3.05) is 7.11 Å². The third-order valence-corrected chi connectivity index (χ3v) is 9.75. The van der Waals surface area contributed by atoms with Gasteiger partial charge in [0.1, 0.15) is 5.76 Å². The smallest absolute Gasteiger partial charge is 0.348 e. The van der Waals surface area contributed by atoms with E-state index < -0.39 is 103 Å². The Kier molecular flexibility index (Phi) is 10.3. The molecule has 2 bridgehead atoms. The number of aliphatic carboxylic acids is 3. The van der Waals surface area contributed by atoms with E-state index in [2.05, 4.69) is 4.74 Å². The van der Waals surface area contributed by atoms with Crippen LogP contribution in [-0.2, 0) is 64.3 Å². The fraction of sp³-hybridized carbons (Fsp3) is 0.545. The highest BCUT2D eigenvalue weighted by Crippen LogP contribution is 2.67. The number of ether oxygens (including phenoxy) is 6. The Morgan fingerprint density at radius 1 is 0.922 bits per heavy atom. The van der Waals surface area contributed by atoms with Crippen LogP contribution in [0.1, 0.15) is 63.0 Å². The van der Waals surface area contributed by atoms with Crippen LogP contribution in [0.2, 0.25) is 0 Å². The molecule has 0 aromatic heterocycles. The summed E-state index contributed by atoms with van der Waals surface area (Å²) in [6.45, 7) is 0.928. The fourth-order valence-corrected chi connectivity index (χ4v) is 7.50. The number of aliphatic hydroxyl groups excluding tert-OH is 1. The predicted molar refractivity (Wildman–Crippen MR) is 162 cm³/mol. The number of carboxylic acids is 3. The molecule has 1 aliphatic heterocycles. The predicted octanol–water partition coefficient (Wildman–Crippen LogP) is 0.152. The maximum atomic E-state index is 13.4. The van der Waals surface area contributed by atoms with Crippen LogP contribution in [0.5, 0.6) is 11.5 Å². The van der Waals surface area contributed by atoms with Gasteiger partial charge in [0.05, 0.1) is 37.4 Å². The van der Waals surface area contributed by atoms with E-state index in [1.54, 1.807) is 6.07 Å². The lowest BCUT2D eigenvalue weighted by Crippen LogP contribution is -2.67. The number of carboxylic acid groups (broad SMARTS) is 3. The number of esters is 4. The van der Waals surface area contributed by atoms with E-state index >= 15 is 0 Å². The maximum Gasteiger partial charge on any atom is 0.348 e. The van der Waals surface area contributed by atoms with Crippen molar-refractivity contribution < 1.29 is 87.5 Å². The largest absolute Gasteiger partial charge is 0.493 e. The molecule has 0 radical (unpaired) electrons. The molecule has 4 aliphatic rings. The van der Waals surface area contributed by atoms with Gasteiger partial charge in [0.15, 0.2) is 29.8 Å². The molecule has 1 spiro atoms. The standard InChI is InChI=1S/C33H36O18/c1-14(30(43)50-20(29(41)42)12-22(35)36)47-31(44)21(49-23(37)11-17(34)28(39)40)13-24(38)48-19-7-9-33(45)16-4-3-8-32(33)25-15(10-16)5-6-18(46-2)26(25)51-27(19)32/h5-7,14,16-17,20-21,27,34,45H,3-4,8-13H2,1-2H3,(H,35,36)(H,39,40)(H,41,42)/t14-,16-,17-,20+,21-,27+,32+,33-/m0/s1. The maximum absolute atomic E-state index is 13.4. The minimum absolute atomic E-state index is 0.00580. The molecule has 1 heterocycles. The second kappa shape index (κ2) is 14.2. The first kappa shape index (κ1) is 37.0. The molecule has 1 fully saturated rings. The van der Waals surface area contributed by atoms with Crippen LogP contribution in [0.4, 0.5) is 0 Å². The van der Waals surface area contributed by atoms with Gasteiger partial charge in [-0.1, -0.05) is 12.5 Å². The zero-order valence-electron chi connectivity index (χ0n) is 27.4. The van der Waals surface area contributed by atoms with Crippen molar-refractivity contribution in [1.82, 2.24) is 0 Å². The topological polar surface area (TPSA) is 276 Å². The highest BCUT2D eigenvalue weighted by molar-refractivity contribution is 5.89. The first-order chi connectivity index (χ1) is 24.0. The number of rotatable bonds is 15. The third-order valence-electron chi connectivity index (χ3n) is 9.75. The molecule has 1 aromatic rings. The van der Waals surface area contributed by atoms with Crippen LogP contribution < -0.4 is 9.47 Å². The van der Waals surface area contributed by atoms with Crippen molar-refractivity contribution in [3.63, 3.8) is 0 Å². The highest BCUT2D eigenvalue weighted by Gasteiger charge is 2.71. The molecule has 5 N–H and O–H groups in total. The lowest BCUT2D eigenvalue weighted by atomic mass is 9.47. The molecular weight excluding hydrogens is 684 g/mol. The minimum Gasteiger partial charge on any atom is -0.493 e. The van der Waals surface area contributed by atoms with Gasteiger partial charge in [-0.3, -0.25) is 14.4 Å².